The van der Waals surface area contributed by atoms with Crippen molar-refractivity contribution >= 4 is 18.1 Å². The fourth-order valence-corrected chi connectivity index (χ4v) is 1.77. The highest BCUT2D eigenvalue weighted by Gasteiger charge is 2.41. The van der Waals surface area contributed by atoms with E-state index in [9.17, 15) is 4.79 Å². The molecule has 13 heavy (non-hydrogen) atoms. The lowest BCUT2D eigenvalue weighted by atomic mass is 10.1. The third-order valence-corrected chi connectivity index (χ3v) is 2.61. The lowest BCUT2D eigenvalue weighted by Crippen LogP contribution is -1.94. The number of hydrogen-bond acceptors (Lipinski definition) is 2. The molecule has 0 N–H and O–H groups in total. The average molecular weight is 197 g/mol. The highest BCUT2D eigenvalue weighted by atomic mass is 35.5. The van der Waals surface area contributed by atoms with Gasteiger partial charge in [-0.15, -0.1) is 0 Å². The highest BCUT2D eigenvalue weighted by Crippen LogP contribution is 2.45. The molecule has 0 saturated heterocycles. The molecule has 0 spiro atoms. The fraction of sp³-hybridized carbons (Fsp3) is 0.300. The molecular formula is C10H9ClO2. The Morgan fingerprint density at radius 1 is 1.46 bits per heavy atom. The molecule has 2 rings (SSSR count). The van der Waals surface area contributed by atoms with E-state index in [4.69, 9.17) is 16.3 Å². The Morgan fingerprint density at radius 3 is 2.92 bits per heavy atom. The van der Waals surface area contributed by atoms with Gasteiger partial charge in [-0.25, -0.2) is 0 Å². The number of halogens is 1. The maximum atomic E-state index is 10.1. The van der Waals surface area contributed by atoms with Crippen LogP contribution in [0.25, 0.3) is 0 Å². The van der Waals surface area contributed by atoms with Gasteiger partial charge < -0.3 is 4.74 Å². The molecule has 1 saturated carbocycles. The monoisotopic (exact) mass is 196 g/mol. The van der Waals surface area contributed by atoms with Crippen molar-refractivity contribution in [3.05, 3.63) is 34.9 Å². The second kappa shape index (κ2) is 3.38. The smallest absolute Gasteiger partial charge is 0.293 e. The molecule has 0 aromatic heterocycles. The van der Waals surface area contributed by atoms with Crippen LogP contribution in [0.5, 0.6) is 0 Å². The van der Waals surface area contributed by atoms with Gasteiger partial charge in [-0.2, -0.15) is 0 Å². The summed E-state index contributed by atoms with van der Waals surface area (Å²) in [6, 6.07) is 7.66. The molecule has 1 aromatic rings. The highest BCUT2D eigenvalue weighted by molar-refractivity contribution is 6.31. The molecule has 0 aliphatic heterocycles. The van der Waals surface area contributed by atoms with Gasteiger partial charge in [-0.1, -0.05) is 29.8 Å². The number of rotatable bonds is 3. The largest absolute Gasteiger partial charge is 0.464 e. The van der Waals surface area contributed by atoms with E-state index in [0.29, 0.717) is 12.4 Å². The number of carbonyl (C=O) groups excluding carboxylic acids is 1. The van der Waals surface area contributed by atoms with Crippen LogP contribution < -0.4 is 0 Å². The topological polar surface area (TPSA) is 26.3 Å². The fourth-order valence-electron chi connectivity index (χ4n) is 1.50. The van der Waals surface area contributed by atoms with Crippen LogP contribution in [0, 0.1) is 0 Å². The zero-order valence-corrected chi connectivity index (χ0v) is 7.70. The molecule has 0 radical (unpaired) electrons. The average Bonchev–Trinajstić information content (AvgIpc) is 2.86. The summed E-state index contributed by atoms with van der Waals surface area (Å²) in [6.07, 6.45) is 0.931. The van der Waals surface area contributed by atoms with Crippen LogP contribution in [0.4, 0.5) is 0 Å². The van der Waals surface area contributed by atoms with E-state index in [1.54, 1.807) is 0 Å². The molecule has 3 heteroatoms. The predicted molar refractivity (Wildman–Crippen MR) is 49.7 cm³/mol. The first-order chi connectivity index (χ1) is 6.33. The van der Waals surface area contributed by atoms with Crippen LogP contribution in [0.2, 0.25) is 5.02 Å². The summed E-state index contributed by atoms with van der Waals surface area (Å²) in [7, 11) is 0. The molecule has 1 aromatic carbocycles. The Hall–Kier alpha value is -1.02. The number of ether oxygens (including phenoxy) is 1. The van der Waals surface area contributed by atoms with Gasteiger partial charge in [0.25, 0.3) is 6.47 Å². The predicted octanol–water partition coefficient (Wildman–Crippen LogP) is 2.37. The van der Waals surface area contributed by atoms with Crippen molar-refractivity contribution in [3.63, 3.8) is 0 Å². The van der Waals surface area contributed by atoms with Crippen molar-refractivity contribution in [3.8, 4) is 0 Å². The van der Waals surface area contributed by atoms with Crippen molar-refractivity contribution in [2.24, 2.45) is 0 Å². The third-order valence-electron chi connectivity index (χ3n) is 2.27. The molecule has 0 heterocycles. The van der Waals surface area contributed by atoms with E-state index in [0.717, 1.165) is 17.0 Å². The molecule has 68 valence electrons. The minimum absolute atomic E-state index is 0.0393. The molecular weight excluding hydrogens is 188 g/mol. The van der Waals surface area contributed by atoms with Crippen LogP contribution in [-0.2, 0) is 9.53 Å². The number of carbonyl (C=O) groups is 1. The van der Waals surface area contributed by atoms with Gasteiger partial charge in [-0.05, 0) is 18.1 Å². The van der Waals surface area contributed by atoms with Gasteiger partial charge in [0, 0.05) is 10.9 Å². The van der Waals surface area contributed by atoms with E-state index in [1.165, 1.54) is 0 Å². The van der Waals surface area contributed by atoms with E-state index in [-0.39, 0.29) is 6.10 Å². The summed E-state index contributed by atoms with van der Waals surface area (Å²) in [5.74, 6) is 0.305. The summed E-state index contributed by atoms with van der Waals surface area (Å²) in [4.78, 5) is 10.1. The normalized spacial score (nSPS) is 25.3. The molecule has 0 bridgehead atoms. The van der Waals surface area contributed by atoms with E-state index >= 15 is 0 Å². The van der Waals surface area contributed by atoms with Crippen molar-refractivity contribution in [2.75, 3.05) is 0 Å². The maximum Gasteiger partial charge on any atom is 0.293 e. The summed E-state index contributed by atoms with van der Waals surface area (Å²) >= 11 is 5.98. The minimum atomic E-state index is 0.0393. The molecule has 2 nitrogen and oxygen atoms in total. The molecule has 1 unspecified atom stereocenters. The Kier molecular flexibility index (Phi) is 2.23. The molecule has 2 atom stereocenters. The first-order valence-electron chi connectivity index (χ1n) is 4.16. The second-order valence-corrected chi connectivity index (χ2v) is 3.54. The van der Waals surface area contributed by atoms with Crippen molar-refractivity contribution in [1.29, 1.82) is 0 Å². The SMILES string of the molecule is O=CO[C@@H]1CC1c1ccccc1Cl. The molecule has 1 aliphatic rings. The summed E-state index contributed by atoms with van der Waals surface area (Å²) in [5.41, 5.74) is 1.08. The standard InChI is InChI=1S/C10H9ClO2/c11-9-4-2-1-3-7(9)8-5-10(8)13-6-12/h1-4,6,8,10H,5H2/t8?,10-/m1/s1. The number of benzene rings is 1. The Bertz CT molecular complexity index is 324. The lowest BCUT2D eigenvalue weighted by Gasteiger charge is -2.01. The third kappa shape index (κ3) is 1.68. The van der Waals surface area contributed by atoms with Crippen LogP contribution in [0.15, 0.2) is 24.3 Å². The molecule has 1 aliphatic carbocycles. The number of hydrogen-bond donors (Lipinski definition) is 0. The van der Waals surface area contributed by atoms with Crippen LogP contribution >= 0.6 is 11.6 Å². The van der Waals surface area contributed by atoms with Crippen molar-refractivity contribution in [2.45, 2.75) is 18.4 Å². The summed E-state index contributed by atoms with van der Waals surface area (Å²) in [5, 5.41) is 0.754. The Balaban J connectivity index is 2.11. The van der Waals surface area contributed by atoms with Gasteiger partial charge in [0.05, 0.1) is 0 Å². The minimum Gasteiger partial charge on any atom is -0.464 e. The molecule has 1 fully saturated rings. The lowest BCUT2D eigenvalue weighted by molar-refractivity contribution is -0.129. The first kappa shape index (κ1) is 8.57. The van der Waals surface area contributed by atoms with Crippen molar-refractivity contribution in [1.82, 2.24) is 0 Å². The quantitative estimate of drug-likeness (QED) is 0.694. The van der Waals surface area contributed by atoms with Gasteiger partial charge >= 0.3 is 0 Å². The molecule has 0 amide bonds. The Labute approximate surface area is 81.5 Å². The van der Waals surface area contributed by atoms with Crippen LogP contribution in [0.3, 0.4) is 0 Å². The van der Waals surface area contributed by atoms with E-state index in [1.807, 2.05) is 24.3 Å². The van der Waals surface area contributed by atoms with E-state index < -0.39 is 0 Å². The van der Waals surface area contributed by atoms with Gasteiger partial charge in [0.1, 0.15) is 6.10 Å². The van der Waals surface area contributed by atoms with E-state index in [2.05, 4.69) is 0 Å². The van der Waals surface area contributed by atoms with Gasteiger partial charge in [-0.3, -0.25) is 4.79 Å². The van der Waals surface area contributed by atoms with Crippen LogP contribution in [-0.4, -0.2) is 12.6 Å². The summed E-state index contributed by atoms with van der Waals surface area (Å²) < 4.78 is 4.84. The van der Waals surface area contributed by atoms with Crippen molar-refractivity contribution < 1.29 is 9.53 Å². The van der Waals surface area contributed by atoms with Crippen LogP contribution in [0.1, 0.15) is 17.9 Å². The zero-order chi connectivity index (χ0) is 9.26. The first-order valence-corrected chi connectivity index (χ1v) is 4.54. The van der Waals surface area contributed by atoms with Gasteiger partial charge in [0.15, 0.2) is 0 Å². The second-order valence-electron chi connectivity index (χ2n) is 3.13. The summed E-state index contributed by atoms with van der Waals surface area (Å²) in [6.45, 7) is 0.501. The maximum absolute atomic E-state index is 10.1. The van der Waals surface area contributed by atoms with Gasteiger partial charge in [0.2, 0.25) is 0 Å². The zero-order valence-electron chi connectivity index (χ0n) is 6.94. The Morgan fingerprint density at radius 2 is 2.23 bits per heavy atom.